The van der Waals surface area contributed by atoms with Crippen LogP contribution in [0.5, 0.6) is 0 Å². The van der Waals surface area contributed by atoms with Gasteiger partial charge in [-0.25, -0.2) is 4.39 Å². The van der Waals surface area contributed by atoms with Crippen LogP contribution >= 0.6 is 0 Å². The molecule has 4 heteroatoms. The minimum absolute atomic E-state index is 0.0710. The van der Waals surface area contributed by atoms with E-state index in [2.05, 4.69) is 5.32 Å². The van der Waals surface area contributed by atoms with E-state index in [-0.39, 0.29) is 17.3 Å². The molecule has 3 nitrogen and oxygen atoms in total. The van der Waals surface area contributed by atoms with Gasteiger partial charge in [-0.1, -0.05) is 0 Å². The Morgan fingerprint density at radius 3 is 2.81 bits per heavy atom. The van der Waals surface area contributed by atoms with Gasteiger partial charge in [0.15, 0.2) is 0 Å². The molecule has 0 unspecified atom stereocenters. The summed E-state index contributed by atoms with van der Waals surface area (Å²) in [5, 5.41) is 3.20. The Morgan fingerprint density at radius 1 is 1.50 bits per heavy atom. The van der Waals surface area contributed by atoms with Crippen molar-refractivity contribution in [3.8, 4) is 0 Å². The van der Waals surface area contributed by atoms with Crippen LogP contribution in [0.15, 0.2) is 18.2 Å². The van der Waals surface area contributed by atoms with E-state index in [1.54, 1.807) is 11.0 Å². The molecule has 1 aliphatic heterocycles. The highest BCUT2D eigenvalue weighted by atomic mass is 19.1. The smallest absolute Gasteiger partial charge is 0.224 e. The fraction of sp³-hybridized carbons (Fsp3) is 0.417. The Morgan fingerprint density at radius 2 is 2.19 bits per heavy atom. The van der Waals surface area contributed by atoms with Crippen LogP contribution in [-0.2, 0) is 4.79 Å². The van der Waals surface area contributed by atoms with Crippen molar-refractivity contribution in [2.45, 2.75) is 26.3 Å². The van der Waals surface area contributed by atoms with Gasteiger partial charge >= 0.3 is 0 Å². The first kappa shape index (κ1) is 10.9. The highest BCUT2D eigenvalue weighted by Crippen LogP contribution is 2.36. The van der Waals surface area contributed by atoms with Crippen LogP contribution in [0.4, 0.5) is 15.8 Å². The van der Waals surface area contributed by atoms with Crippen molar-refractivity contribution >= 4 is 17.3 Å². The van der Waals surface area contributed by atoms with Gasteiger partial charge in [-0.2, -0.15) is 0 Å². The number of fused-ring (bicyclic) bond motifs is 1. The molecule has 1 aromatic rings. The van der Waals surface area contributed by atoms with Gasteiger partial charge in [0.25, 0.3) is 0 Å². The lowest BCUT2D eigenvalue weighted by molar-refractivity contribution is -0.117. The fourth-order valence-corrected chi connectivity index (χ4v) is 2.15. The van der Waals surface area contributed by atoms with E-state index in [1.807, 2.05) is 13.8 Å². The predicted molar refractivity (Wildman–Crippen MR) is 62.1 cm³/mol. The number of benzene rings is 1. The van der Waals surface area contributed by atoms with E-state index >= 15 is 0 Å². The first-order valence-corrected chi connectivity index (χ1v) is 5.26. The summed E-state index contributed by atoms with van der Waals surface area (Å²) in [7, 11) is 0. The average molecular weight is 222 g/mol. The first-order chi connectivity index (χ1) is 7.42. The third kappa shape index (κ3) is 1.64. The number of anilines is 2. The van der Waals surface area contributed by atoms with E-state index in [9.17, 15) is 9.18 Å². The minimum atomic E-state index is -0.341. The number of carbonyl (C=O) groups excluding carboxylic acids is 1. The minimum Gasteiger partial charge on any atom is -0.381 e. The third-order valence-electron chi connectivity index (χ3n) is 2.83. The van der Waals surface area contributed by atoms with Crippen molar-refractivity contribution in [2.24, 2.45) is 0 Å². The fourth-order valence-electron chi connectivity index (χ4n) is 2.15. The molecule has 86 valence electrons. The predicted octanol–water partition coefficient (Wildman–Crippen LogP) is 2.38. The topological polar surface area (TPSA) is 32.3 Å². The molecule has 0 bridgehead atoms. The molecular formula is C12H15FN2O. The average Bonchev–Trinajstić information content (AvgIpc) is 2.15. The van der Waals surface area contributed by atoms with Crippen molar-refractivity contribution in [3.05, 3.63) is 24.0 Å². The molecule has 1 aromatic carbocycles. The maximum Gasteiger partial charge on any atom is 0.224 e. The molecule has 2 rings (SSSR count). The Kier molecular flexibility index (Phi) is 2.37. The standard InChI is InChI=1S/C12H15FN2O/c1-8(16)15-11-6-9(13)4-5-10(11)14-7-12(15,2)3/h4-6,14H,7H2,1-3H3. The van der Waals surface area contributed by atoms with Crippen LogP contribution in [0.3, 0.4) is 0 Å². The molecule has 0 spiro atoms. The van der Waals surface area contributed by atoms with Gasteiger partial charge < -0.3 is 10.2 Å². The lowest BCUT2D eigenvalue weighted by Crippen LogP contribution is -2.54. The number of halogens is 1. The van der Waals surface area contributed by atoms with Crippen molar-refractivity contribution in [2.75, 3.05) is 16.8 Å². The van der Waals surface area contributed by atoms with E-state index < -0.39 is 0 Å². The molecule has 0 atom stereocenters. The summed E-state index contributed by atoms with van der Waals surface area (Å²) >= 11 is 0. The van der Waals surface area contributed by atoms with Gasteiger partial charge in [0.05, 0.1) is 16.9 Å². The van der Waals surface area contributed by atoms with E-state index in [1.165, 1.54) is 19.1 Å². The van der Waals surface area contributed by atoms with Crippen molar-refractivity contribution < 1.29 is 9.18 Å². The van der Waals surface area contributed by atoms with Crippen LogP contribution < -0.4 is 10.2 Å². The lowest BCUT2D eigenvalue weighted by atomic mass is 9.97. The van der Waals surface area contributed by atoms with E-state index in [0.29, 0.717) is 12.2 Å². The Bertz CT molecular complexity index is 443. The molecule has 0 fully saturated rings. The normalized spacial score (nSPS) is 17.6. The van der Waals surface area contributed by atoms with Crippen molar-refractivity contribution in [1.29, 1.82) is 0 Å². The van der Waals surface area contributed by atoms with Gasteiger partial charge in [0.2, 0.25) is 5.91 Å². The summed E-state index contributed by atoms with van der Waals surface area (Å²) in [6.45, 7) is 6.07. The molecule has 16 heavy (non-hydrogen) atoms. The molecule has 1 aliphatic rings. The number of hydrogen-bond donors (Lipinski definition) is 1. The summed E-state index contributed by atoms with van der Waals surface area (Å²) in [5.41, 5.74) is 1.08. The quantitative estimate of drug-likeness (QED) is 0.731. The molecule has 1 N–H and O–H groups in total. The lowest BCUT2D eigenvalue weighted by Gasteiger charge is -2.43. The zero-order valence-electron chi connectivity index (χ0n) is 9.67. The second kappa shape index (κ2) is 3.47. The summed E-state index contributed by atoms with van der Waals surface area (Å²) in [6, 6.07) is 4.45. The van der Waals surface area contributed by atoms with Gasteiger partial charge in [-0.15, -0.1) is 0 Å². The number of nitrogens with one attached hydrogen (secondary N) is 1. The highest BCUT2D eigenvalue weighted by molar-refractivity contribution is 5.97. The van der Waals surface area contributed by atoms with Crippen molar-refractivity contribution in [1.82, 2.24) is 0 Å². The Labute approximate surface area is 94.3 Å². The zero-order valence-corrected chi connectivity index (χ0v) is 9.67. The van der Waals surface area contributed by atoms with Crippen LogP contribution in [-0.4, -0.2) is 18.0 Å². The van der Waals surface area contributed by atoms with Crippen LogP contribution in [0, 0.1) is 5.82 Å². The summed E-state index contributed by atoms with van der Waals surface area (Å²) in [4.78, 5) is 13.3. The molecule has 0 aromatic heterocycles. The second-order valence-electron chi connectivity index (χ2n) is 4.68. The van der Waals surface area contributed by atoms with Crippen LogP contribution in [0.25, 0.3) is 0 Å². The zero-order chi connectivity index (χ0) is 11.9. The molecule has 0 aliphatic carbocycles. The van der Waals surface area contributed by atoms with Crippen LogP contribution in [0.1, 0.15) is 20.8 Å². The summed E-state index contributed by atoms with van der Waals surface area (Å²) < 4.78 is 13.2. The third-order valence-corrected chi connectivity index (χ3v) is 2.83. The Hall–Kier alpha value is -1.58. The van der Waals surface area contributed by atoms with E-state index in [4.69, 9.17) is 0 Å². The monoisotopic (exact) mass is 222 g/mol. The van der Waals surface area contributed by atoms with Gasteiger partial charge in [-0.05, 0) is 32.0 Å². The molecule has 0 saturated carbocycles. The SMILES string of the molecule is CC(=O)N1c2cc(F)ccc2NCC1(C)C. The van der Waals surface area contributed by atoms with Gasteiger partial charge in [0.1, 0.15) is 5.82 Å². The molecule has 1 heterocycles. The number of nitrogens with zero attached hydrogens (tertiary/aromatic N) is 1. The number of hydrogen-bond acceptors (Lipinski definition) is 2. The number of rotatable bonds is 0. The maximum absolute atomic E-state index is 13.2. The number of amides is 1. The van der Waals surface area contributed by atoms with Gasteiger partial charge in [-0.3, -0.25) is 4.79 Å². The number of carbonyl (C=O) groups is 1. The van der Waals surface area contributed by atoms with Crippen molar-refractivity contribution in [3.63, 3.8) is 0 Å². The second-order valence-corrected chi connectivity index (χ2v) is 4.68. The molecule has 0 radical (unpaired) electrons. The summed E-state index contributed by atoms with van der Waals surface area (Å²) in [5.74, 6) is -0.400. The highest BCUT2D eigenvalue weighted by Gasteiger charge is 2.35. The largest absolute Gasteiger partial charge is 0.381 e. The van der Waals surface area contributed by atoms with Crippen LogP contribution in [0.2, 0.25) is 0 Å². The molecular weight excluding hydrogens is 207 g/mol. The Balaban J connectivity index is 2.57. The van der Waals surface area contributed by atoms with E-state index in [0.717, 1.165) is 5.69 Å². The molecule has 1 amide bonds. The maximum atomic E-state index is 13.2. The first-order valence-electron chi connectivity index (χ1n) is 5.26. The van der Waals surface area contributed by atoms with Gasteiger partial charge in [0, 0.05) is 13.5 Å². The molecule has 0 saturated heterocycles. The summed E-state index contributed by atoms with van der Waals surface area (Å²) in [6.07, 6.45) is 0.